The Morgan fingerprint density at radius 3 is 2.03 bits per heavy atom. The first-order valence-corrected chi connectivity index (χ1v) is 12.1. The maximum Gasteiger partial charge on any atom is 0.311 e. The molecule has 0 heterocycles. The van der Waals surface area contributed by atoms with Crippen LogP contribution in [0.4, 0.5) is 0 Å². The first-order valence-electron chi connectivity index (χ1n) is 12.1. The van der Waals surface area contributed by atoms with Crippen LogP contribution >= 0.6 is 0 Å². The fraction of sp³-hybridized carbons (Fsp3) is 0.556. The highest BCUT2D eigenvalue weighted by molar-refractivity contribution is 5.99. The van der Waals surface area contributed by atoms with Gasteiger partial charge in [0.2, 0.25) is 0 Å². The summed E-state index contributed by atoms with van der Waals surface area (Å²) < 4.78 is 22.8. The highest BCUT2D eigenvalue weighted by atomic mass is 16.6. The van der Waals surface area contributed by atoms with Crippen LogP contribution in [0.3, 0.4) is 0 Å². The molecule has 0 aliphatic carbocycles. The van der Waals surface area contributed by atoms with Crippen LogP contribution in [0.15, 0.2) is 24.3 Å². The van der Waals surface area contributed by atoms with E-state index >= 15 is 0 Å². The third kappa shape index (κ3) is 8.26. The second-order valence-corrected chi connectivity index (χ2v) is 8.68. The number of hydrogen-bond acceptors (Lipinski definition) is 6. The minimum absolute atomic E-state index is 0.301. The van der Waals surface area contributed by atoms with Gasteiger partial charge < -0.3 is 18.9 Å². The summed E-state index contributed by atoms with van der Waals surface area (Å²) in [5, 5.41) is 1.27. The van der Waals surface area contributed by atoms with Crippen LogP contribution in [0.1, 0.15) is 79.1 Å². The van der Waals surface area contributed by atoms with E-state index in [1.54, 1.807) is 6.07 Å². The van der Waals surface area contributed by atoms with E-state index in [9.17, 15) is 9.59 Å². The number of carbonyl (C=O) groups excluding carboxylic acids is 2. The van der Waals surface area contributed by atoms with Gasteiger partial charge in [-0.1, -0.05) is 53.4 Å². The molecule has 0 fully saturated rings. The van der Waals surface area contributed by atoms with Crippen LogP contribution in [0.25, 0.3) is 10.8 Å². The van der Waals surface area contributed by atoms with Crippen molar-refractivity contribution in [3.8, 4) is 23.0 Å². The molecule has 0 unspecified atom stereocenters. The van der Waals surface area contributed by atoms with Crippen LogP contribution in [0.5, 0.6) is 23.0 Å². The van der Waals surface area contributed by atoms with Crippen LogP contribution in [-0.2, 0) is 9.59 Å². The van der Waals surface area contributed by atoms with E-state index in [2.05, 4.69) is 27.7 Å². The molecule has 0 N–H and O–H groups in total. The second-order valence-electron chi connectivity index (χ2n) is 8.68. The molecule has 0 amide bonds. The standard InChI is InChI=1S/C27H38O6/c1-6-8-10-12-25(28)32-23-17-24(30-5)27(33-26(29)13-11-9-7-2)21-15-14-20(16-22(21)23)31-18-19(3)4/h14-17,19H,6-13,18H2,1-5H3. The first-order chi connectivity index (χ1) is 15.9. The lowest BCUT2D eigenvalue weighted by atomic mass is 10.1. The molecule has 0 saturated heterocycles. The second kappa shape index (κ2) is 13.7. The topological polar surface area (TPSA) is 71.1 Å². The monoisotopic (exact) mass is 458 g/mol. The quantitative estimate of drug-likeness (QED) is 0.175. The van der Waals surface area contributed by atoms with Gasteiger partial charge >= 0.3 is 11.9 Å². The van der Waals surface area contributed by atoms with E-state index in [4.69, 9.17) is 18.9 Å². The number of esters is 2. The van der Waals surface area contributed by atoms with Crippen molar-refractivity contribution in [3.05, 3.63) is 24.3 Å². The van der Waals surface area contributed by atoms with Crippen molar-refractivity contribution in [3.63, 3.8) is 0 Å². The fourth-order valence-corrected chi connectivity index (χ4v) is 3.39. The number of fused-ring (bicyclic) bond motifs is 1. The minimum Gasteiger partial charge on any atom is -0.493 e. The zero-order valence-corrected chi connectivity index (χ0v) is 20.7. The summed E-state index contributed by atoms with van der Waals surface area (Å²) in [6.45, 7) is 8.89. The van der Waals surface area contributed by atoms with Gasteiger partial charge in [-0.05, 0) is 37.0 Å². The average molecular weight is 459 g/mol. The predicted octanol–water partition coefficient (Wildman–Crippen LogP) is 6.85. The summed E-state index contributed by atoms with van der Waals surface area (Å²) >= 11 is 0. The Labute approximate surface area is 197 Å². The summed E-state index contributed by atoms with van der Waals surface area (Å²) in [4.78, 5) is 24.9. The van der Waals surface area contributed by atoms with E-state index < -0.39 is 0 Å². The molecule has 0 aliphatic heterocycles. The molecule has 0 saturated carbocycles. The zero-order valence-electron chi connectivity index (χ0n) is 20.7. The van der Waals surface area contributed by atoms with Gasteiger partial charge in [0.05, 0.1) is 13.7 Å². The Kier molecular flexibility index (Phi) is 11.0. The molecular weight excluding hydrogens is 420 g/mol. The molecule has 0 bridgehead atoms. The van der Waals surface area contributed by atoms with Gasteiger partial charge in [0.1, 0.15) is 11.5 Å². The number of unbranched alkanes of at least 4 members (excludes halogenated alkanes) is 4. The fourth-order valence-electron chi connectivity index (χ4n) is 3.39. The molecule has 0 spiro atoms. The SMILES string of the molecule is CCCCCC(=O)Oc1cc(OC)c(OC(=O)CCCCC)c2ccc(OCC(C)C)cc12. The van der Waals surface area contributed by atoms with Crippen molar-refractivity contribution in [2.75, 3.05) is 13.7 Å². The van der Waals surface area contributed by atoms with Crippen molar-refractivity contribution in [2.45, 2.75) is 79.1 Å². The Bertz CT molecular complexity index is 918. The number of methoxy groups -OCH3 is 1. The van der Waals surface area contributed by atoms with Gasteiger partial charge in [0.25, 0.3) is 0 Å². The maximum absolute atomic E-state index is 12.5. The first kappa shape index (κ1) is 26.5. The average Bonchev–Trinajstić information content (AvgIpc) is 2.79. The maximum atomic E-state index is 12.5. The highest BCUT2D eigenvalue weighted by Gasteiger charge is 2.20. The summed E-state index contributed by atoms with van der Waals surface area (Å²) in [7, 11) is 1.50. The van der Waals surface area contributed by atoms with Crippen LogP contribution in [0.2, 0.25) is 0 Å². The Morgan fingerprint density at radius 1 is 0.818 bits per heavy atom. The van der Waals surface area contributed by atoms with Crippen LogP contribution < -0.4 is 18.9 Å². The molecule has 6 nitrogen and oxygen atoms in total. The molecule has 0 radical (unpaired) electrons. The van der Waals surface area contributed by atoms with E-state index in [1.165, 1.54) is 7.11 Å². The molecular formula is C27H38O6. The lowest BCUT2D eigenvalue weighted by molar-refractivity contribution is -0.135. The Hall–Kier alpha value is -2.76. The number of hydrogen-bond donors (Lipinski definition) is 0. The van der Waals surface area contributed by atoms with Crippen molar-refractivity contribution in [1.82, 2.24) is 0 Å². The molecule has 33 heavy (non-hydrogen) atoms. The van der Waals surface area contributed by atoms with Crippen molar-refractivity contribution < 1.29 is 28.5 Å². The lowest BCUT2D eigenvalue weighted by Gasteiger charge is -2.17. The third-order valence-electron chi connectivity index (χ3n) is 5.20. The molecule has 2 rings (SSSR count). The van der Waals surface area contributed by atoms with Crippen molar-refractivity contribution in [2.24, 2.45) is 5.92 Å². The van der Waals surface area contributed by atoms with Crippen molar-refractivity contribution in [1.29, 1.82) is 0 Å². The molecule has 2 aromatic carbocycles. The summed E-state index contributed by atoms with van der Waals surface area (Å²) in [5.74, 6) is 1.45. The lowest BCUT2D eigenvalue weighted by Crippen LogP contribution is -2.11. The molecule has 182 valence electrons. The number of ether oxygens (including phenoxy) is 4. The van der Waals surface area contributed by atoms with Gasteiger partial charge in [0, 0.05) is 29.7 Å². The van der Waals surface area contributed by atoms with Gasteiger partial charge in [-0.3, -0.25) is 9.59 Å². The zero-order chi connectivity index (χ0) is 24.2. The van der Waals surface area contributed by atoms with E-state index in [0.717, 1.165) is 38.5 Å². The normalized spacial score (nSPS) is 11.0. The molecule has 0 aliphatic rings. The number of benzene rings is 2. The molecule has 0 aromatic heterocycles. The highest BCUT2D eigenvalue weighted by Crippen LogP contribution is 2.43. The summed E-state index contributed by atoms with van der Waals surface area (Å²) in [6, 6.07) is 7.07. The third-order valence-corrected chi connectivity index (χ3v) is 5.20. The molecule has 6 heteroatoms. The number of rotatable bonds is 14. The molecule has 2 aromatic rings. The molecule has 0 atom stereocenters. The summed E-state index contributed by atoms with van der Waals surface area (Å²) in [6.07, 6.45) is 6.22. The van der Waals surface area contributed by atoms with Gasteiger partial charge in [0.15, 0.2) is 11.5 Å². The van der Waals surface area contributed by atoms with E-state index in [-0.39, 0.29) is 11.9 Å². The van der Waals surface area contributed by atoms with Gasteiger partial charge in [-0.15, -0.1) is 0 Å². The Balaban J connectivity index is 2.43. The van der Waals surface area contributed by atoms with Crippen LogP contribution in [0, 0.1) is 5.92 Å². The predicted molar refractivity (Wildman–Crippen MR) is 130 cm³/mol. The van der Waals surface area contributed by atoms with Crippen molar-refractivity contribution >= 4 is 22.7 Å². The van der Waals surface area contributed by atoms with Crippen LogP contribution in [-0.4, -0.2) is 25.7 Å². The number of carbonyl (C=O) groups is 2. The smallest absolute Gasteiger partial charge is 0.311 e. The summed E-state index contributed by atoms with van der Waals surface area (Å²) in [5.41, 5.74) is 0. The largest absolute Gasteiger partial charge is 0.493 e. The van der Waals surface area contributed by atoms with E-state index in [1.807, 2.05) is 18.2 Å². The van der Waals surface area contributed by atoms with E-state index in [0.29, 0.717) is 59.1 Å². The van der Waals surface area contributed by atoms with Gasteiger partial charge in [-0.2, -0.15) is 0 Å². The minimum atomic E-state index is -0.313. The Morgan fingerprint density at radius 2 is 1.45 bits per heavy atom. The van der Waals surface area contributed by atoms with Gasteiger partial charge in [-0.25, -0.2) is 0 Å².